The van der Waals surface area contributed by atoms with Crippen LogP contribution in [0, 0.1) is 0 Å². The number of rotatable bonds is 6. The van der Waals surface area contributed by atoms with Crippen molar-refractivity contribution in [3.8, 4) is 0 Å². The molecule has 2 aromatic heterocycles. The number of hydrogen-bond acceptors (Lipinski definition) is 4. The summed E-state index contributed by atoms with van der Waals surface area (Å²) in [5.41, 5.74) is 2.42. The molecule has 0 unspecified atom stereocenters. The molecule has 0 atom stereocenters. The fourth-order valence-corrected chi connectivity index (χ4v) is 1.93. The van der Waals surface area contributed by atoms with Gasteiger partial charge in [0.05, 0.1) is 23.9 Å². The van der Waals surface area contributed by atoms with E-state index in [0.29, 0.717) is 12.2 Å². The first-order valence-corrected chi connectivity index (χ1v) is 8.22. The summed E-state index contributed by atoms with van der Waals surface area (Å²) in [4.78, 5) is 11.5. The first-order valence-electron chi connectivity index (χ1n) is 6.37. The van der Waals surface area contributed by atoms with Crippen molar-refractivity contribution in [1.29, 1.82) is 0 Å². The number of hydrogen-bond donors (Lipinski definition) is 1. The summed E-state index contributed by atoms with van der Waals surface area (Å²) in [6.45, 7) is 0.642. The summed E-state index contributed by atoms with van der Waals surface area (Å²) in [5.74, 6) is 0. The van der Waals surface area contributed by atoms with Crippen molar-refractivity contribution in [1.82, 2.24) is 9.97 Å². The van der Waals surface area contributed by atoms with Gasteiger partial charge in [0.2, 0.25) is 10.0 Å². The third kappa shape index (κ3) is 5.70. The topological polar surface area (TPSA) is 87.5 Å². The zero-order valence-corrected chi connectivity index (χ0v) is 12.4. The maximum absolute atomic E-state index is 10.9. The predicted octanol–water partition coefficient (Wildman–Crippen LogP) is 1.45. The summed E-state index contributed by atoms with van der Waals surface area (Å²) in [6.07, 6.45) is 6.57. The van der Waals surface area contributed by atoms with Crippen LogP contribution in [0.1, 0.15) is 17.1 Å². The second kappa shape index (κ2) is 6.94. The molecule has 2 aromatic rings. The zero-order valence-electron chi connectivity index (χ0n) is 11.6. The van der Waals surface area contributed by atoms with E-state index in [9.17, 15) is 8.42 Å². The molecule has 0 bridgehead atoms. The van der Waals surface area contributed by atoms with E-state index in [0.717, 1.165) is 24.1 Å². The Balaban J connectivity index is 1.87. The van der Waals surface area contributed by atoms with Gasteiger partial charge in [-0.15, -0.1) is 0 Å². The van der Waals surface area contributed by atoms with Crippen molar-refractivity contribution in [2.24, 2.45) is 9.39 Å². The molecule has 0 radical (unpaired) electrons. The molecule has 1 N–H and O–H groups in total. The summed E-state index contributed by atoms with van der Waals surface area (Å²) in [7, 11) is -3.36. The van der Waals surface area contributed by atoms with Crippen LogP contribution in [0.25, 0.3) is 0 Å². The minimum absolute atomic E-state index is 0.617. The molecule has 0 spiro atoms. The second-order valence-corrected chi connectivity index (χ2v) is 6.12. The van der Waals surface area contributed by atoms with Gasteiger partial charge in [0.15, 0.2) is 0 Å². The lowest BCUT2D eigenvalue weighted by atomic mass is 10.3. The predicted molar refractivity (Wildman–Crippen MR) is 83.6 cm³/mol. The normalized spacial score (nSPS) is 12.4. The number of aliphatic imine (C=N–C) groups is 1. The van der Waals surface area contributed by atoms with Gasteiger partial charge in [0.1, 0.15) is 0 Å². The fraction of sp³-hybridized carbons (Fsp3) is 0.214. The molecule has 21 heavy (non-hydrogen) atoms. The molecular weight excluding hydrogens is 288 g/mol. The lowest BCUT2D eigenvalue weighted by Crippen LogP contribution is -1.94. The third-order valence-corrected chi connectivity index (χ3v) is 3.06. The highest BCUT2D eigenvalue weighted by Crippen LogP contribution is 1.99. The van der Waals surface area contributed by atoms with E-state index >= 15 is 0 Å². The minimum atomic E-state index is -3.36. The Morgan fingerprint density at radius 2 is 1.95 bits per heavy atom. The lowest BCUT2D eigenvalue weighted by molar-refractivity contribution is 0.604. The number of sulfonamides is 1. The molecule has 7 heteroatoms. The van der Waals surface area contributed by atoms with Gasteiger partial charge in [-0.2, -0.15) is 4.40 Å². The Bertz CT molecular complexity index is 733. The molecule has 0 saturated heterocycles. The van der Waals surface area contributed by atoms with Crippen LogP contribution in [-0.4, -0.2) is 43.6 Å². The molecule has 0 fully saturated rings. The molecule has 0 aliphatic heterocycles. The van der Waals surface area contributed by atoms with E-state index in [1.807, 2.05) is 24.3 Å². The Morgan fingerprint density at radius 3 is 2.62 bits per heavy atom. The molecular formula is C14H16N4O2S. The molecule has 0 amide bonds. The van der Waals surface area contributed by atoms with Crippen LogP contribution < -0.4 is 0 Å². The summed E-state index contributed by atoms with van der Waals surface area (Å²) in [5, 5.41) is 0. The Labute approximate surface area is 123 Å². The quantitative estimate of drug-likeness (QED) is 0.819. The highest BCUT2D eigenvalue weighted by Gasteiger charge is 1.97. The van der Waals surface area contributed by atoms with E-state index in [-0.39, 0.29) is 0 Å². The first kappa shape index (κ1) is 15.1. The van der Waals surface area contributed by atoms with Gasteiger partial charge in [-0.05, 0) is 24.3 Å². The number of aromatic amines is 1. The van der Waals surface area contributed by atoms with Gasteiger partial charge >= 0.3 is 0 Å². The number of aromatic nitrogens is 2. The molecule has 0 aliphatic rings. The van der Waals surface area contributed by atoms with Gasteiger partial charge in [0, 0.05) is 31.1 Å². The van der Waals surface area contributed by atoms with E-state index in [2.05, 4.69) is 19.4 Å². The second-order valence-electron chi connectivity index (χ2n) is 4.44. The number of nitrogens with zero attached hydrogens (tertiary/aromatic N) is 3. The van der Waals surface area contributed by atoms with Crippen molar-refractivity contribution in [2.45, 2.75) is 6.42 Å². The molecule has 2 rings (SSSR count). The lowest BCUT2D eigenvalue weighted by Gasteiger charge is -1.95. The monoisotopic (exact) mass is 304 g/mol. The number of H-pyrrole nitrogens is 1. The molecule has 110 valence electrons. The maximum Gasteiger partial charge on any atom is 0.250 e. The molecule has 0 saturated carbocycles. The summed E-state index contributed by atoms with van der Waals surface area (Å²) in [6, 6.07) is 9.35. The highest BCUT2D eigenvalue weighted by molar-refractivity contribution is 7.89. The number of pyridine rings is 1. The van der Waals surface area contributed by atoms with E-state index < -0.39 is 10.0 Å². The minimum Gasteiger partial charge on any atom is -0.353 e. The standard InChI is InChI=1S/C14H16N4O2S/c1-21(19,20)17-11-14-6-5-13(18-14)10-15-9-7-12-4-2-3-8-16-12/h2-6,8,10-11,18H,7,9H2,1H3/b15-10?,17-11+. The first-order chi connectivity index (χ1) is 10.0. The van der Waals surface area contributed by atoms with Crippen LogP contribution in [0.5, 0.6) is 0 Å². The van der Waals surface area contributed by atoms with Crippen LogP contribution in [0.2, 0.25) is 0 Å². The highest BCUT2D eigenvalue weighted by atomic mass is 32.2. The van der Waals surface area contributed by atoms with Crippen molar-refractivity contribution >= 4 is 22.5 Å². The maximum atomic E-state index is 10.9. The van der Waals surface area contributed by atoms with Gasteiger partial charge < -0.3 is 4.98 Å². The largest absolute Gasteiger partial charge is 0.353 e. The fourth-order valence-electron chi connectivity index (χ4n) is 1.62. The molecule has 0 aliphatic carbocycles. The average molecular weight is 304 g/mol. The SMILES string of the molecule is CS(=O)(=O)/N=C/c1ccc(C=NCCc2ccccn2)[nH]1. The average Bonchev–Trinajstić information content (AvgIpc) is 2.90. The zero-order chi connectivity index (χ0) is 15.1. The van der Waals surface area contributed by atoms with E-state index in [1.54, 1.807) is 18.5 Å². The van der Waals surface area contributed by atoms with Gasteiger partial charge in [-0.3, -0.25) is 9.98 Å². The number of nitrogens with one attached hydrogen (secondary N) is 1. The molecule has 6 nitrogen and oxygen atoms in total. The van der Waals surface area contributed by atoms with Crippen molar-refractivity contribution < 1.29 is 8.42 Å². The van der Waals surface area contributed by atoms with E-state index in [4.69, 9.17) is 0 Å². The smallest absolute Gasteiger partial charge is 0.250 e. The summed E-state index contributed by atoms with van der Waals surface area (Å²) >= 11 is 0. The summed E-state index contributed by atoms with van der Waals surface area (Å²) < 4.78 is 25.3. The van der Waals surface area contributed by atoms with Crippen LogP contribution in [-0.2, 0) is 16.4 Å². The van der Waals surface area contributed by atoms with Gasteiger partial charge in [0.25, 0.3) is 0 Å². The van der Waals surface area contributed by atoms with Crippen molar-refractivity contribution in [3.63, 3.8) is 0 Å². The van der Waals surface area contributed by atoms with Crippen LogP contribution >= 0.6 is 0 Å². The Morgan fingerprint density at radius 1 is 1.19 bits per heavy atom. The van der Waals surface area contributed by atoms with Crippen LogP contribution in [0.4, 0.5) is 0 Å². The molecule has 2 heterocycles. The Hall–Kier alpha value is -2.28. The van der Waals surface area contributed by atoms with Crippen LogP contribution in [0.3, 0.4) is 0 Å². The molecule has 0 aromatic carbocycles. The van der Waals surface area contributed by atoms with Crippen molar-refractivity contribution in [2.75, 3.05) is 12.8 Å². The van der Waals surface area contributed by atoms with Gasteiger partial charge in [-0.25, -0.2) is 8.42 Å². The van der Waals surface area contributed by atoms with Crippen LogP contribution in [0.15, 0.2) is 45.9 Å². The Kier molecular flexibility index (Phi) is 4.99. The van der Waals surface area contributed by atoms with Crippen molar-refractivity contribution in [3.05, 3.63) is 53.6 Å². The van der Waals surface area contributed by atoms with E-state index in [1.165, 1.54) is 6.21 Å². The van der Waals surface area contributed by atoms with Gasteiger partial charge in [-0.1, -0.05) is 6.07 Å². The third-order valence-electron chi connectivity index (χ3n) is 2.57.